The summed E-state index contributed by atoms with van der Waals surface area (Å²) in [6.07, 6.45) is -3.81. The molecule has 1 fully saturated rings. The number of nitrogens with zero attached hydrogens (tertiary/aromatic N) is 2. The standard InChI is InChI=1S/C19H21F4N3O.C2H6/c1-3-15-16(25-8-6-24-7-9-25)10-12(2)26(15)13-4-5-14-17(11-13)27-19(22,23)18(14,20)21;1-2/h4-5,10-11,24H,3,6-9H2,1-2H3;1-2H3. The Hall–Kier alpha value is -2.22. The molecule has 4 rings (SSSR count). The van der Waals surface area contributed by atoms with Crippen LogP contribution in [0.4, 0.5) is 23.2 Å². The quantitative estimate of drug-likeness (QED) is 0.729. The Bertz CT molecular complexity index is 873. The average molecular weight is 413 g/mol. The number of piperazine rings is 1. The van der Waals surface area contributed by atoms with Crippen LogP contribution in [0.3, 0.4) is 0 Å². The summed E-state index contributed by atoms with van der Waals surface area (Å²) in [7, 11) is 0. The summed E-state index contributed by atoms with van der Waals surface area (Å²) in [5.74, 6) is -4.80. The second-order valence-corrected chi connectivity index (χ2v) is 6.92. The fourth-order valence-electron chi connectivity index (χ4n) is 3.90. The van der Waals surface area contributed by atoms with Gasteiger partial charge >= 0.3 is 12.0 Å². The van der Waals surface area contributed by atoms with Gasteiger partial charge in [0.2, 0.25) is 0 Å². The first-order chi connectivity index (χ1) is 13.8. The molecule has 4 nitrogen and oxygen atoms in total. The first-order valence-electron chi connectivity index (χ1n) is 10.0. The highest BCUT2D eigenvalue weighted by molar-refractivity contribution is 5.60. The Kier molecular flexibility index (Phi) is 5.85. The van der Waals surface area contributed by atoms with Gasteiger partial charge in [0.05, 0.1) is 11.3 Å². The number of alkyl halides is 4. The minimum atomic E-state index is -4.53. The lowest BCUT2D eigenvalue weighted by molar-refractivity contribution is -0.296. The van der Waals surface area contributed by atoms with Crippen LogP contribution in [0.15, 0.2) is 24.3 Å². The summed E-state index contributed by atoms with van der Waals surface area (Å²) in [5.41, 5.74) is 2.79. The molecule has 8 heteroatoms. The van der Waals surface area contributed by atoms with Gasteiger partial charge in [-0.2, -0.15) is 17.6 Å². The van der Waals surface area contributed by atoms with E-state index in [0.717, 1.165) is 55.7 Å². The van der Waals surface area contributed by atoms with Crippen molar-refractivity contribution in [2.75, 3.05) is 31.1 Å². The Labute approximate surface area is 168 Å². The van der Waals surface area contributed by atoms with Crippen LogP contribution < -0.4 is 15.0 Å². The van der Waals surface area contributed by atoms with Gasteiger partial charge in [0.1, 0.15) is 5.75 Å². The highest BCUT2D eigenvalue weighted by Crippen LogP contribution is 2.53. The van der Waals surface area contributed by atoms with Crippen molar-refractivity contribution in [1.29, 1.82) is 0 Å². The van der Waals surface area contributed by atoms with Crippen LogP contribution in [-0.4, -0.2) is 36.9 Å². The van der Waals surface area contributed by atoms with E-state index in [1.807, 2.05) is 32.3 Å². The van der Waals surface area contributed by atoms with Gasteiger partial charge in [-0.3, -0.25) is 0 Å². The van der Waals surface area contributed by atoms with E-state index < -0.39 is 23.3 Å². The topological polar surface area (TPSA) is 29.4 Å². The van der Waals surface area contributed by atoms with Crippen molar-refractivity contribution in [2.45, 2.75) is 46.1 Å². The number of anilines is 1. The Morgan fingerprint density at radius 1 is 1.07 bits per heavy atom. The third-order valence-corrected chi connectivity index (χ3v) is 5.22. The van der Waals surface area contributed by atoms with Crippen molar-refractivity contribution in [2.24, 2.45) is 0 Å². The first-order valence-corrected chi connectivity index (χ1v) is 10.0. The zero-order valence-corrected chi connectivity index (χ0v) is 17.2. The number of benzene rings is 1. The van der Waals surface area contributed by atoms with Crippen molar-refractivity contribution in [3.63, 3.8) is 0 Å². The number of fused-ring (bicyclic) bond motifs is 1. The third-order valence-electron chi connectivity index (χ3n) is 5.22. The van der Waals surface area contributed by atoms with E-state index in [1.165, 1.54) is 12.1 Å². The van der Waals surface area contributed by atoms with Crippen LogP contribution in [0.5, 0.6) is 5.75 Å². The van der Waals surface area contributed by atoms with Gasteiger partial charge in [0.15, 0.2) is 0 Å². The zero-order valence-electron chi connectivity index (χ0n) is 17.2. The van der Waals surface area contributed by atoms with Crippen LogP contribution in [0.2, 0.25) is 0 Å². The molecule has 0 amide bonds. The van der Waals surface area contributed by atoms with Crippen LogP contribution in [0.1, 0.15) is 37.7 Å². The van der Waals surface area contributed by atoms with E-state index >= 15 is 0 Å². The number of hydrogen-bond donors (Lipinski definition) is 1. The fraction of sp³-hybridized carbons (Fsp3) is 0.524. The molecule has 1 saturated heterocycles. The molecule has 2 aliphatic rings. The molecule has 0 atom stereocenters. The van der Waals surface area contributed by atoms with Crippen molar-refractivity contribution in [3.05, 3.63) is 41.2 Å². The Balaban J connectivity index is 0.00000117. The van der Waals surface area contributed by atoms with Crippen molar-refractivity contribution in [1.82, 2.24) is 9.88 Å². The Morgan fingerprint density at radius 2 is 1.72 bits per heavy atom. The molecule has 0 radical (unpaired) electrons. The van der Waals surface area contributed by atoms with Gasteiger partial charge in [-0.05, 0) is 31.5 Å². The van der Waals surface area contributed by atoms with Crippen LogP contribution >= 0.6 is 0 Å². The monoisotopic (exact) mass is 413 g/mol. The average Bonchev–Trinajstić information content (AvgIpc) is 3.14. The minimum absolute atomic E-state index is 0.471. The number of aryl methyl sites for hydroxylation is 1. The summed E-state index contributed by atoms with van der Waals surface area (Å²) in [4.78, 5) is 2.28. The number of hydrogen-bond acceptors (Lipinski definition) is 3. The third kappa shape index (κ3) is 3.47. The molecule has 29 heavy (non-hydrogen) atoms. The lowest BCUT2D eigenvalue weighted by atomic mass is 10.1. The Morgan fingerprint density at radius 3 is 2.34 bits per heavy atom. The SMILES string of the molecule is CC.CCc1c(N2CCNCC2)cc(C)n1-c1ccc2c(c1)OC(F)(F)C2(F)F. The van der Waals surface area contributed by atoms with E-state index in [9.17, 15) is 17.6 Å². The highest BCUT2D eigenvalue weighted by atomic mass is 19.3. The van der Waals surface area contributed by atoms with Crippen LogP contribution in [0, 0.1) is 6.92 Å². The minimum Gasteiger partial charge on any atom is -0.427 e. The summed E-state index contributed by atoms with van der Waals surface area (Å²) in [5, 5.41) is 3.31. The molecule has 1 N–H and O–H groups in total. The largest absolute Gasteiger partial charge is 0.469 e. The number of ether oxygens (including phenoxy) is 1. The number of aromatic nitrogens is 1. The zero-order chi connectivity index (χ0) is 21.4. The molecule has 0 spiro atoms. The summed E-state index contributed by atoms with van der Waals surface area (Å²) in [6, 6.07) is 5.82. The lowest BCUT2D eigenvalue weighted by Gasteiger charge is -2.29. The number of halogens is 4. The van der Waals surface area contributed by atoms with E-state index in [4.69, 9.17) is 0 Å². The van der Waals surface area contributed by atoms with Gasteiger partial charge in [-0.25, -0.2) is 0 Å². The molecule has 0 unspecified atom stereocenters. The molecule has 0 aliphatic carbocycles. The maximum Gasteiger partial charge on any atom is 0.469 e. The first kappa shape index (κ1) is 21.5. The second-order valence-electron chi connectivity index (χ2n) is 6.92. The molecule has 1 aromatic carbocycles. The van der Waals surface area contributed by atoms with Crippen LogP contribution in [-0.2, 0) is 12.3 Å². The van der Waals surface area contributed by atoms with Crippen molar-refractivity contribution >= 4 is 5.69 Å². The number of rotatable bonds is 3. The molecular formula is C21H27F4N3O. The molecule has 2 aliphatic heterocycles. The van der Waals surface area contributed by atoms with E-state index in [1.54, 1.807) is 0 Å². The van der Waals surface area contributed by atoms with E-state index in [0.29, 0.717) is 5.69 Å². The molecule has 160 valence electrons. The molecule has 2 aromatic rings. The van der Waals surface area contributed by atoms with E-state index in [2.05, 4.69) is 21.0 Å². The summed E-state index contributed by atoms with van der Waals surface area (Å²) >= 11 is 0. The maximum absolute atomic E-state index is 13.8. The second kappa shape index (κ2) is 7.89. The molecule has 0 bridgehead atoms. The predicted molar refractivity (Wildman–Crippen MR) is 106 cm³/mol. The smallest absolute Gasteiger partial charge is 0.427 e. The van der Waals surface area contributed by atoms with Crippen molar-refractivity contribution < 1.29 is 22.3 Å². The summed E-state index contributed by atoms with van der Waals surface area (Å²) < 4.78 is 60.9. The molecule has 3 heterocycles. The molecule has 0 saturated carbocycles. The lowest BCUT2D eigenvalue weighted by Crippen LogP contribution is -2.43. The van der Waals surface area contributed by atoms with E-state index in [-0.39, 0.29) is 0 Å². The van der Waals surface area contributed by atoms with Gasteiger partial charge < -0.3 is 19.5 Å². The predicted octanol–water partition coefficient (Wildman–Crippen LogP) is 4.86. The van der Waals surface area contributed by atoms with Crippen molar-refractivity contribution in [3.8, 4) is 11.4 Å². The molecule has 1 aromatic heterocycles. The van der Waals surface area contributed by atoms with Gasteiger partial charge in [-0.1, -0.05) is 20.8 Å². The fourth-order valence-corrected chi connectivity index (χ4v) is 3.90. The summed E-state index contributed by atoms with van der Waals surface area (Å²) in [6.45, 7) is 11.5. The van der Waals surface area contributed by atoms with Crippen LogP contribution in [0.25, 0.3) is 5.69 Å². The van der Waals surface area contributed by atoms with Gasteiger partial charge in [0.25, 0.3) is 0 Å². The normalized spacial score (nSPS) is 19.2. The molecular weight excluding hydrogens is 386 g/mol. The highest BCUT2D eigenvalue weighted by Gasteiger charge is 2.66. The van der Waals surface area contributed by atoms with Gasteiger partial charge in [0, 0.05) is 49.3 Å². The maximum atomic E-state index is 13.8. The number of nitrogens with one attached hydrogen (secondary N) is 1. The van der Waals surface area contributed by atoms with Gasteiger partial charge in [-0.15, -0.1) is 0 Å².